The smallest absolute Gasteiger partial charge is 0.208 e. The Hall–Kier alpha value is -1.56. The number of hydrogen-bond acceptors (Lipinski definition) is 4. The molecule has 1 aromatic heterocycles. The van der Waals surface area contributed by atoms with E-state index in [1.165, 1.54) is 0 Å². The summed E-state index contributed by atoms with van der Waals surface area (Å²) in [5.41, 5.74) is 7.51. The summed E-state index contributed by atoms with van der Waals surface area (Å²) in [6.07, 6.45) is 0. The number of benzene rings is 2. The molecule has 4 nitrogen and oxygen atoms in total. The third-order valence-electron chi connectivity index (χ3n) is 2.90. The van der Waals surface area contributed by atoms with Crippen LogP contribution in [0, 0.1) is 0 Å². The van der Waals surface area contributed by atoms with Gasteiger partial charge in [0.25, 0.3) is 0 Å². The van der Waals surface area contributed by atoms with Gasteiger partial charge in [-0.05, 0) is 30.3 Å². The molecule has 108 valence electrons. The van der Waals surface area contributed by atoms with Gasteiger partial charge in [-0.25, -0.2) is 4.98 Å². The van der Waals surface area contributed by atoms with Crippen LogP contribution in [0.1, 0.15) is 5.89 Å². The van der Waals surface area contributed by atoms with Gasteiger partial charge in [0.05, 0.1) is 26.5 Å². The highest BCUT2D eigenvalue weighted by molar-refractivity contribution is 7.84. The number of para-hydroxylation sites is 1. The first-order chi connectivity index (χ1) is 10.0. The predicted octanol–water partition coefficient (Wildman–Crippen LogP) is 4.02. The minimum atomic E-state index is -1.33. The van der Waals surface area contributed by atoms with Crippen LogP contribution in [-0.4, -0.2) is 9.19 Å². The summed E-state index contributed by atoms with van der Waals surface area (Å²) in [5.74, 6) is 0.513. The molecule has 0 aliphatic heterocycles. The maximum Gasteiger partial charge on any atom is 0.208 e. The minimum absolute atomic E-state index is 0.145. The maximum atomic E-state index is 12.3. The first-order valence-electron chi connectivity index (χ1n) is 6.02. The Kier molecular flexibility index (Phi) is 3.89. The summed E-state index contributed by atoms with van der Waals surface area (Å²) < 4.78 is 17.9. The molecule has 7 heteroatoms. The van der Waals surface area contributed by atoms with Crippen LogP contribution in [0.5, 0.6) is 0 Å². The third kappa shape index (κ3) is 2.90. The van der Waals surface area contributed by atoms with E-state index in [4.69, 9.17) is 33.4 Å². The zero-order valence-electron chi connectivity index (χ0n) is 10.7. The lowest BCUT2D eigenvalue weighted by Gasteiger charge is -2.01. The van der Waals surface area contributed by atoms with Gasteiger partial charge in [0.1, 0.15) is 11.3 Å². The summed E-state index contributed by atoms with van der Waals surface area (Å²) in [6, 6.07) is 10.1. The van der Waals surface area contributed by atoms with E-state index >= 15 is 0 Å². The molecular weight excluding hydrogens is 331 g/mol. The van der Waals surface area contributed by atoms with E-state index in [-0.39, 0.29) is 5.75 Å². The van der Waals surface area contributed by atoms with Crippen molar-refractivity contribution in [2.75, 3.05) is 5.73 Å². The van der Waals surface area contributed by atoms with Crippen molar-refractivity contribution in [2.24, 2.45) is 0 Å². The number of nitrogens with zero attached hydrogens (tertiary/aromatic N) is 1. The lowest BCUT2D eigenvalue weighted by molar-refractivity contribution is 0.552. The van der Waals surface area contributed by atoms with Gasteiger partial charge in [-0.15, -0.1) is 0 Å². The number of anilines is 1. The highest BCUT2D eigenvalue weighted by Crippen LogP contribution is 2.26. The number of nitrogen functional groups attached to an aromatic ring is 1. The maximum absolute atomic E-state index is 12.3. The zero-order valence-corrected chi connectivity index (χ0v) is 13.0. The summed E-state index contributed by atoms with van der Waals surface area (Å²) in [6.45, 7) is 0. The van der Waals surface area contributed by atoms with E-state index < -0.39 is 10.8 Å². The van der Waals surface area contributed by atoms with Crippen LogP contribution in [0.3, 0.4) is 0 Å². The summed E-state index contributed by atoms with van der Waals surface area (Å²) in [4.78, 5) is 4.84. The number of aromatic nitrogens is 1. The molecule has 1 unspecified atom stereocenters. The SMILES string of the molecule is Nc1cccc2oc(CS(=O)c3ccc(Cl)c(Cl)c3)nc12. The van der Waals surface area contributed by atoms with Crippen LogP contribution in [0.4, 0.5) is 5.69 Å². The monoisotopic (exact) mass is 340 g/mol. The molecule has 0 radical (unpaired) electrons. The van der Waals surface area contributed by atoms with Gasteiger partial charge >= 0.3 is 0 Å². The Labute approximate surface area is 133 Å². The van der Waals surface area contributed by atoms with Crippen LogP contribution in [0.25, 0.3) is 11.1 Å². The van der Waals surface area contributed by atoms with Crippen molar-refractivity contribution < 1.29 is 8.63 Å². The largest absolute Gasteiger partial charge is 0.440 e. The molecule has 0 fully saturated rings. The summed E-state index contributed by atoms with van der Waals surface area (Å²) in [7, 11) is -1.33. The average Bonchev–Trinajstić information content (AvgIpc) is 2.86. The normalized spacial score (nSPS) is 12.7. The Morgan fingerprint density at radius 3 is 2.71 bits per heavy atom. The van der Waals surface area contributed by atoms with Crippen molar-refractivity contribution in [3.63, 3.8) is 0 Å². The standard InChI is InChI=1S/C14H10Cl2N2O2S/c15-9-5-4-8(6-10(9)16)21(19)7-13-18-14-11(17)2-1-3-12(14)20-13/h1-6H,7,17H2. The lowest BCUT2D eigenvalue weighted by atomic mass is 10.3. The summed E-state index contributed by atoms with van der Waals surface area (Å²) >= 11 is 11.8. The van der Waals surface area contributed by atoms with E-state index in [0.717, 1.165) is 0 Å². The molecule has 0 aliphatic rings. The molecule has 0 aliphatic carbocycles. The second-order valence-electron chi connectivity index (χ2n) is 4.37. The highest BCUT2D eigenvalue weighted by atomic mass is 35.5. The molecule has 0 saturated heterocycles. The van der Waals surface area contributed by atoms with Crippen LogP contribution in [0.2, 0.25) is 10.0 Å². The first-order valence-corrected chi connectivity index (χ1v) is 8.09. The van der Waals surface area contributed by atoms with Crippen molar-refractivity contribution in [1.29, 1.82) is 0 Å². The molecule has 21 heavy (non-hydrogen) atoms. The van der Waals surface area contributed by atoms with Crippen LogP contribution >= 0.6 is 23.2 Å². The fourth-order valence-corrected chi connectivity index (χ4v) is 3.24. The van der Waals surface area contributed by atoms with Gasteiger partial charge in [0.2, 0.25) is 5.89 Å². The number of fused-ring (bicyclic) bond motifs is 1. The third-order valence-corrected chi connectivity index (χ3v) is 4.93. The number of oxazole rings is 1. The van der Waals surface area contributed by atoms with Gasteiger partial charge in [-0.3, -0.25) is 4.21 Å². The van der Waals surface area contributed by atoms with E-state index in [0.29, 0.717) is 37.6 Å². The van der Waals surface area contributed by atoms with Crippen molar-refractivity contribution in [2.45, 2.75) is 10.6 Å². The van der Waals surface area contributed by atoms with Crippen molar-refractivity contribution in [3.8, 4) is 0 Å². The van der Waals surface area contributed by atoms with E-state index in [9.17, 15) is 4.21 Å². The Morgan fingerprint density at radius 2 is 2.00 bits per heavy atom. The molecule has 2 N–H and O–H groups in total. The molecule has 3 rings (SSSR count). The predicted molar refractivity (Wildman–Crippen MR) is 85.0 cm³/mol. The number of halogens is 2. The van der Waals surface area contributed by atoms with Gasteiger partial charge in [0.15, 0.2) is 5.58 Å². The molecule has 0 bridgehead atoms. The van der Waals surface area contributed by atoms with Gasteiger partial charge in [0, 0.05) is 4.90 Å². The number of nitrogens with two attached hydrogens (primary N) is 1. The zero-order chi connectivity index (χ0) is 15.0. The quantitative estimate of drug-likeness (QED) is 0.731. The molecule has 1 atom stereocenters. The Balaban J connectivity index is 1.89. The second-order valence-corrected chi connectivity index (χ2v) is 6.63. The Bertz CT molecular complexity index is 848. The average molecular weight is 341 g/mol. The lowest BCUT2D eigenvalue weighted by Crippen LogP contribution is -1.97. The molecule has 1 heterocycles. The highest BCUT2D eigenvalue weighted by Gasteiger charge is 2.13. The topological polar surface area (TPSA) is 69.1 Å². The molecule has 0 saturated carbocycles. The molecule has 0 spiro atoms. The van der Waals surface area contributed by atoms with Crippen LogP contribution in [-0.2, 0) is 16.6 Å². The van der Waals surface area contributed by atoms with E-state index in [1.807, 2.05) is 0 Å². The van der Waals surface area contributed by atoms with Crippen molar-refractivity contribution >= 4 is 50.8 Å². The first kappa shape index (κ1) is 14.4. The number of rotatable bonds is 3. The van der Waals surface area contributed by atoms with E-state index in [2.05, 4.69) is 4.98 Å². The second kappa shape index (κ2) is 5.67. The van der Waals surface area contributed by atoms with Gasteiger partial charge in [-0.1, -0.05) is 29.3 Å². The van der Waals surface area contributed by atoms with Crippen molar-refractivity contribution in [3.05, 3.63) is 52.3 Å². The molecule has 3 aromatic rings. The number of hydrogen-bond donors (Lipinski definition) is 1. The van der Waals surface area contributed by atoms with Crippen LogP contribution in [0.15, 0.2) is 45.7 Å². The van der Waals surface area contributed by atoms with Crippen LogP contribution < -0.4 is 5.73 Å². The molecule has 2 aromatic carbocycles. The molecule has 0 amide bonds. The summed E-state index contributed by atoms with van der Waals surface area (Å²) in [5, 5.41) is 0.788. The minimum Gasteiger partial charge on any atom is -0.440 e. The van der Waals surface area contributed by atoms with Gasteiger partial charge < -0.3 is 10.2 Å². The molecular formula is C14H10Cl2N2O2S. The Morgan fingerprint density at radius 1 is 1.19 bits per heavy atom. The van der Waals surface area contributed by atoms with Gasteiger partial charge in [-0.2, -0.15) is 0 Å². The van der Waals surface area contributed by atoms with Crippen molar-refractivity contribution in [1.82, 2.24) is 4.98 Å². The fourth-order valence-electron chi connectivity index (χ4n) is 1.89. The van der Waals surface area contributed by atoms with E-state index in [1.54, 1.807) is 36.4 Å². The fraction of sp³-hybridized carbons (Fsp3) is 0.0714.